The zero-order chi connectivity index (χ0) is 9.35. The Labute approximate surface area is 74.0 Å². The van der Waals surface area contributed by atoms with Crippen LogP contribution in [0.5, 0.6) is 0 Å². The van der Waals surface area contributed by atoms with Crippen LogP contribution >= 0.6 is 0 Å². The maximum atomic E-state index is 9.77. The van der Waals surface area contributed by atoms with Crippen LogP contribution in [-0.2, 0) is 0 Å². The predicted octanol–water partition coefficient (Wildman–Crippen LogP) is 0.212. The normalized spacial score (nSPS) is 39.0. The molecule has 1 fully saturated rings. The van der Waals surface area contributed by atoms with Gasteiger partial charge in [0, 0.05) is 19.1 Å². The molecule has 0 aromatic rings. The molecule has 0 aromatic heterocycles. The van der Waals surface area contributed by atoms with Gasteiger partial charge in [0.05, 0.1) is 6.10 Å². The van der Waals surface area contributed by atoms with E-state index in [0.717, 1.165) is 6.54 Å². The minimum absolute atomic E-state index is 0.448. The first-order valence-electron chi connectivity index (χ1n) is 4.58. The van der Waals surface area contributed by atoms with Gasteiger partial charge < -0.3 is 10.2 Å². The summed E-state index contributed by atoms with van der Waals surface area (Å²) >= 11 is 0. The molecule has 2 atom stereocenters. The van der Waals surface area contributed by atoms with Gasteiger partial charge in [-0.05, 0) is 27.2 Å². The van der Waals surface area contributed by atoms with Crippen molar-refractivity contribution in [2.24, 2.45) is 0 Å². The summed E-state index contributed by atoms with van der Waals surface area (Å²) < 4.78 is 0. The molecule has 0 radical (unpaired) electrons. The summed E-state index contributed by atoms with van der Waals surface area (Å²) in [6.07, 6.45) is 0.109. The number of β-amino-alcohol motifs (C(OH)–C–C–N with tert-alkyl or cyclic N) is 1. The van der Waals surface area contributed by atoms with Gasteiger partial charge >= 0.3 is 0 Å². The maximum absolute atomic E-state index is 9.77. The third-order valence-electron chi connectivity index (χ3n) is 2.66. The van der Waals surface area contributed by atoms with Crippen molar-refractivity contribution in [3.63, 3.8) is 0 Å². The van der Waals surface area contributed by atoms with Gasteiger partial charge in [-0.25, -0.2) is 0 Å². The van der Waals surface area contributed by atoms with Crippen LogP contribution in [0.2, 0.25) is 0 Å². The van der Waals surface area contributed by atoms with Crippen LogP contribution in [0.3, 0.4) is 0 Å². The third kappa shape index (κ3) is 1.97. The number of likely N-dealkylation sites (tertiary alicyclic amines) is 1. The van der Waals surface area contributed by atoms with Crippen LogP contribution in [0.4, 0.5) is 0 Å². The fraction of sp³-hybridized carbons (Fsp3) is 1.00. The molecule has 1 rings (SSSR count). The van der Waals surface area contributed by atoms with Crippen molar-refractivity contribution in [3.05, 3.63) is 0 Å². The Morgan fingerprint density at radius 1 is 1.50 bits per heavy atom. The van der Waals surface area contributed by atoms with Crippen molar-refractivity contribution in [3.8, 4) is 0 Å². The maximum Gasteiger partial charge on any atom is 0.100 e. The highest BCUT2D eigenvalue weighted by Gasteiger charge is 2.37. The molecule has 0 unspecified atom stereocenters. The van der Waals surface area contributed by atoms with Crippen molar-refractivity contribution in [1.82, 2.24) is 4.90 Å². The van der Waals surface area contributed by atoms with E-state index in [-0.39, 0.29) is 0 Å². The molecule has 1 heterocycles. The van der Waals surface area contributed by atoms with Gasteiger partial charge in [-0.15, -0.1) is 0 Å². The lowest BCUT2D eigenvalue weighted by Gasteiger charge is -2.42. The minimum Gasteiger partial charge on any atom is -0.390 e. The highest BCUT2D eigenvalue weighted by atomic mass is 16.3. The second-order valence-corrected chi connectivity index (χ2v) is 4.23. The number of nitrogens with zero attached hydrogens (tertiary/aromatic N) is 1. The summed E-state index contributed by atoms with van der Waals surface area (Å²) in [6.45, 7) is 7.37. The Morgan fingerprint density at radius 3 is 2.50 bits per heavy atom. The van der Waals surface area contributed by atoms with Gasteiger partial charge in [0.1, 0.15) is 5.60 Å². The monoisotopic (exact) mass is 173 g/mol. The van der Waals surface area contributed by atoms with Gasteiger partial charge in [-0.3, -0.25) is 4.90 Å². The molecule has 0 amide bonds. The summed E-state index contributed by atoms with van der Waals surface area (Å²) in [4.78, 5) is 2.19. The van der Waals surface area contributed by atoms with E-state index >= 15 is 0 Å². The van der Waals surface area contributed by atoms with E-state index < -0.39 is 11.7 Å². The van der Waals surface area contributed by atoms with Gasteiger partial charge in [0.25, 0.3) is 0 Å². The molecule has 1 aliphatic heterocycles. The van der Waals surface area contributed by atoms with E-state index in [9.17, 15) is 10.2 Å². The quantitative estimate of drug-likeness (QED) is 0.596. The fourth-order valence-electron chi connectivity index (χ4n) is 1.64. The van der Waals surface area contributed by atoms with E-state index in [0.29, 0.717) is 19.0 Å². The Hall–Kier alpha value is -0.120. The second-order valence-electron chi connectivity index (χ2n) is 4.23. The Morgan fingerprint density at radius 2 is 2.08 bits per heavy atom. The number of aliphatic hydroxyl groups excluding tert-OH is 1. The van der Waals surface area contributed by atoms with Crippen LogP contribution in [0.25, 0.3) is 0 Å². The van der Waals surface area contributed by atoms with Crippen molar-refractivity contribution in [2.75, 3.05) is 13.1 Å². The number of hydrogen-bond donors (Lipinski definition) is 2. The lowest BCUT2D eigenvalue weighted by atomic mass is 9.91. The Kier molecular flexibility index (Phi) is 2.76. The summed E-state index contributed by atoms with van der Waals surface area (Å²) in [5.41, 5.74) is -0.928. The zero-order valence-electron chi connectivity index (χ0n) is 8.12. The standard InChI is InChI=1S/C9H19NO2/c1-7(2)10-5-4-8(11)9(3,12)6-10/h7-8,11-12H,4-6H2,1-3H3/t8-,9+/m1/s1. The number of aliphatic hydroxyl groups is 2. The molecular weight excluding hydrogens is 154 g/mol. The molecule has 12 heavy (non-hydrogen) atoms. The Bertz CT molecular complexity index is 157. The lowest BCUT2D eigenvalue weighted by Crippen LogP contribution is -2.56. The molecule has 0 bridgehead atoms. The topological polar surface area (TPSA) is 43.7 Å². The third-order valence-corrected chi connectivity index (χ3v) is 2.66. The van der Waals surface area contributed by atoms with Crippen LogP contribution < -0.4 is 0 Å². The molecule has 72 valence electrons. The van der Waals surface area contributed by atoms with Gasteiger partial charge in [-0.1, -0.05) is 0 Å². The van der Waals surface area contributed by atoms with Crippen LogP contribution in [0.1, 0.15) is 27.2 Å². The van der Waals surface area contributed by atoms with Crippen molar-refractivity contribution in [1.29, 1.82) is 0 Å². The molecule has 2 N–H and O–H groups in total. The van der Waals surface area contributed by atoms with E-state index in [4.69, 9.17) is 0 Å². The average Bonchev–Trinajstić information content (AvgIpc) is 1.94. The fourth-order valence-corrected chi connectivity index (χ4v) is 1.64. The van der Waals surface area contributed by atoms with E-state index in [2.05, 4.69) is 18.7 Å². The summed E-state index contributed by atoms with van der Waals surface area (Å²) in [5.74, 6) is 0. The molecule has 0 saturated carbocycles. The molecule has 3 nitrogen and oxygen atoms in total. The van der Waals surface area contributed by atoms with Crippen molar-refractivity contribution < 1.29 is 10.2 Å². The van der Waals surface area contributed by atoms with Gasteiger partial charge in [-0.2, -0.15) is 0 Å². The molecule has 0 spiro atoms. The summed E-state index contributed by atoms with van der Waals surface area (Å²) in [5, 5.41) is 19.2. The first kappa shape index (κ1) is 9.96. The Balaban J connectivity index is 2.57. The van der Waals surface area contributed by atoms with Crippen LogP contribution in [0.15, 0.2) is 0 Å². The van der Waals surface area contributed by atoms with Crippen molar-refractivity contribution in [2.45, 2.75) is 44.9 Å². The average molecular weight is 173 g/mol. The predicted molar refractivity (Wildman–Crippen MR) is 48.0 cm³/mol. The summed E-state index contributed by atoms with van der Waals surface area (Å²) in [7, 11) is 0. The highest BCUT2D eigenvalue weighted by molar-refractivity contribution is 4.91. The largest absolute Gasteiger partial charge is 0.390 e. The van der Waals surface area contributed by atoms with Gasteiger partial charge in [0.2, 0.25) is 0 Å². The zero-order valence-corrected chi connectivity index (χ0v) is 8.12. The van der Waals surface area contributed by atoms with E-state index in [1.165, 1.54) is 0 Å². The van der Waals surface area contributed by atoms with Gasteiger partial charge in [0.15, 0.2) is 0 Å². The smallest absolute Gasteiger partial charge is 0.100 e. The van der Waals surface area contributed by atoms with Crippen LogP contribution in [-0.4, -0.2) is 45.9 Å². The van der Waals surface area contributed by atoms with Crippen molar-refractivity contribution >= 4 is 0 Å². The van der Waals surface area contributed by atoms with E-state index in [1.807, 2.05) is 0 Å². The minimum atomic E-state index is -0.928. The van der Waals surface area contributed by atoms with Crippen LogP contribution in [0, 0.1) is 0 Å². The molecule has 0 aliphatic carbocycles. The second kappa shape index (κ2) is 3.32. The summed E-state index contributed by atoms with van der Waals surface area (Å²) in [6, 6.07) is 0.448. The molecular formula is C9H19NO2. The lowest BCUT2D eigenvalue weighted by molar-refractivity contribution is -0.114. The first-order chi connectivity index (χ1) is 5.43. The molecule has 0 aromatic carbocycles. The number of rotatable bonds is 1. The molecule has 1 saturated heterocycles. The SMILES string of the molecule is CC(C)N1CC[C@@H](O)[C@@](C)(O)C1. The first-order valence-corrected chi connectivity index (χ1v) is 4.58. The molecule has 3 heteroatoms. The number of hydrogen-bond acceptors (Lipinski definition) is 3. The van der Waals surface area contributed by atoms with E-state index in [1.54, 1.807) is 6.92 Å². The molecule has 1 aliphatic rings. The number of piperidine rings is 1. The highest BCUT2D eigenvalue weighted by Crippen LogP contribution is 2.22.